The highest BCUT2D eigenvalue weighted by Crippen LogP contribution is 2.56. The van der Waals surface area contributed by atoms with E-state index in [1.807, 2.05) is 41.8 Å². The Morgan fingerprint density at radius 2 is 1.70 bits per heavy atom. The number of aromatic amines is 1. The Balaban J connectivity index is 1.06. The van der Waals surface area contributed by atoms with Crippen LogP contribution in [-0.2, 0) is 23.2 Å². The lowest BCUT2D eigenvalue weighted by Crippen LogP contribution is -2.45. The molecule has 6 heterocycles. The Kier molecular flexibility index (Phi) is 9.88. The molecular weight excluding hydrogens is 808 g/mol. The van der Waals surface area contributed by atoms with Crippen molar-refractivity contribution in [2.24, 2.45) is 5.92 Å². The number of benzene rings is 3. The molecule has 0 bridgehead atoms. The fourth-order valence-corrected chi connectivity index (χ4v) is 10.1. The van der Waals surface area contributed by atoms with E-state index in [2.05, 4.69) is 35.3 Å². The van der Waals surface area contributed by atoms with E-state index in [-0.39, 0.29) is 54.7 Å². The number of fused-ring (bicyclic) bond motifs is 2. The van der Waals surface area contributed by atoms with E-state index in [1.54, 1.807) is 42.9 Å². The molecule has 3 aromatic carbocycles. The van der Waals surface area contributed by atoms with E-state index in [0.717, 1.165) is 29.3 Å². The van der Waals surface area contributed by atoms with Gasteiger partial charge in [0.2, 0.25) is 5.95 Å². The molecule has 1 saturated carbocycles. The van der Waals surface area contributed by atoms with Gasteiger partial charge in [-0.15, -0.1) is 0 Å². The van der Waals surface area contributed by atoms with Crippen LogP contribution >= 0.6 is 0 Å². The third kappa shape index (κ3) is 6.64. The fourth-order valence-electron chi connectivity index (χ4n) is 10.1. The average Bonchev–Trinajstić information content (AvgIpc) is 3.58. The summed E-state index contributed by atoms with van der Waals surface area (Å²) in [6, 6.07) is 17.9. The van der Waals surface area contributed by atoms with Gasteiger partial charge in [-0.05, 0) is 123 Å². The number of nitrogens with one attached hydrogen (secondary N) is 1. The molecule has 1 aliphatic carbocycles. The minimum Gasteiger partial charge on any atom is -0.497 e. The lowest BCUT2D eigenvalue weighted by atomic mass is 9.91. The summed E-state index contributed by atoms with van der Waals surface area (Å²) in [5.74, 6) is 0.175. The number of carbonyl (C=O) groups excluding carboxylic acids is 2. The van der Waals surface area contributed by atoms with Crippen molar-refractivity contribution < 1.29 is 28.0 Å². The Labute approximate surface area is 362 Å². The molecule has 3 fully saturated rings. The Morgan fingerprint density at radius 1 is 0.968 bits per heavy atom. The first-order valence-corrected chi connectivity index (χ1v) is 21.6. The number of carbonyl (C=O) groups is 2. The molecule has 63 heavy (non-hydrogen) atoms. The third-order valence-electron chi connectivity index (χ3n) is 13.7. The first kappa shape index (κ1) is 40.5. The van der Waals surface area contributed by atoms with Gasteiger partial charge in [-0.25, -0.2) is 23.5 Å². The van der Waals surface area contributed by atoms with Crippen molar-refractivity contribution in [3.05, 3.63) is 132 Å². The number of hydrogen-bond donors (Lipinski definition) is 1. The molecule has 326 valence electrons. The summed E-state index contributed by atoms with van der Waals surface area (Å²) in [7, 11) is 1.60. The maximum absolute atomic E-state index is 15.3. The predicted molar refractivity (Wildman–Crippen MR) is 231 cm³/mol. The number of halogens is 1. The molecule has 0 radical (unpaired) electrons. The molecule has 1 N–H and O–H groups in total. The number of ether oxygens (including phenoxy) is 2. The molecule has 15 nitrogen and oxygen atoms in total. The second-order valence-electron chi connectivity index (χ2n) is 17.5. The lowest BCUT2D eigenvalue weighted by Gasteiger charge is -2.36. The zero-order valence-electron chi connectivity index (χ0n) is 35.9. The summed E-state index contributed by atoms with van der Waals surface area (Å²) in [5, 5.41) is 5.03. The van der Waals surface area contributed by atoms with Crippen LogP contribution in [0, 0.1) is 25.6 Å². The number of nitrogens with zero attached hydrogens (tertiary/aromatic N) is 7. The predicted octanol–water partition coefficient (Wildman–Crippen LogP) is 6.51. The van der Waals surface area contributed by atoms with Crippen molar-refractivity contribution in [3.63, 3.8) is 0 Å². The summed E-state index contributed by atoms with van der Waals surface area (Å²) in [6.45, 7) is 9.74. The number of methoxy groups -OCH3 is 1. The molecule has 3 amide bonds. The van der Waals surface area contributed by atoms with Crippen LogP contribution in [0.15, 0.2) is 74.8 Å². The van der Waals surface area contributed by atoms with Gasteiger partial charge in [-0.1, -0.05) is 30.3 Å². The maximum atomic E-state index is 15.3. The largest absolute Gasteiger partial charge is 0.497 e. The molecule has 3 atom stereocenters. The maximum Gasteiger partial charge on any atom is 0.438 e. The lowest BCUT2D eigenvalue weighted by molar-refractivity contribution is 0.0658. The van der Waals surface area contributed by atoms with Gasteiger partial charge < -0.3 is 23.8 Å². The van der Waals surface area contributed by atoms with E-state index < -0.39 is 17.3 Å². The topological polar surface area (TPSA) is 161 Å². The van der Waals surface area contributed by atoms with Gasteiger partial charge in [0.05, 0.1) is 24.5 Å². The normalized spacial score (nSPS) is 21.4. The number of rotatable bonds is 9. The van der Waals surface area contributed by atoms with Crippen LogP contribution in [0.4, 0.5) is 15.1 Å². The van der Waals surface area contributed by atoms with Gasteiger partial charge in [0, 0.05) is 55.9 Å². The summed E-state index contributed by atoms with van der Waals surface area (Å²) in [6.07, 6.45) is 2.63. The van der Waals surface area contributed by atoms with E-state index in [0.29, 0.717) is 84.0 Å². The summed E-state index contributed by atoms with van der Waals surface area (Å²) >= 11 is 0. The number of hydrogen-bond acceptors (Lipinski definition) is 9. The van der Waals surface area contributed by atoms with E-state index >= 15 is 9.18 Å². The minimum absolute atomic E-state index is 0.0128. The molecule has 2 saturated heterocycles. The number of H-pyrrole nitrogens is 1. The number of aromatic nitrogens is 5. The van der Waals surface area contributed by atoms with Gasteiger partial charge in [0.15, 0.2) is 5.82 Å². The quantitative estimate of drug-likeness (QED) is 0.171. The molecule has 3 aromatic heterocycles. The number of aryl methyl sites for hydroxylation is 2. The smallest absolute Gasteiger partial charge is 0.438 e. The highest BCUT2D eigenvalue weighted by molar-refractivity contribution is 6.00. The van der Waals surface area contributed by atoms with Crippen molar-refractivity contribution in [1.29, 1.82) is 0 Å². The Bertz CT molecular complexity index is 2910. The zero-order valence-corrected chi connectivity index (χ0v) is 35.9. The number of amides is 3. The van der Waals surface area contributed by atoms with Crippen LogP contribution < -0.4 is 21.0 Å². The van der Waals surface area contributed by atoms with Crippen molar-refractivity contribution in [2.75, 3.05) is 44.9 Å². The average molecular weight is 857 g/mol. The van der Waals surface area contributed by atoms with E-state index in [4.69, 9.17) is 19.0 Å². The fraction of sp³-hybridized carbons (Fsp3) is 0.404. The van der Waals surface area contributed by atoms with Crippen molar-refractivity contribution in [1.82, 2.24) is 34.1 Å². The summed E-state index contributed by atoms with van der Waals surface area (Å²) < 4.78 is 34.4. The van der Waals surface area contributed by atoms with Crippen molar-refractivity contribution in [3.8, 4) is 11.4 Å². The van der Waals surface area contributed by atoms with Gasteiger partial charge in [-0.3, -0.25) is 24.0 Å². The standard InChI is InChI=1S/C47H49FN8O7/c1-26-20-34(21-27(2)39(26)48)55-41(57)36-12-15-53(29(4)40(36)49-44(55)54-17-16-52(46(54)60)25-30-6-9-35(61-5)10-7-30)42(58)38-23-33-22-32(31-13-18-62-19-14-31)8-11-37(33)56(38)47(24-28(47)3)43-50-45(59)63-51-43/h6-11,20-23,28-29,31H,12-19,24-25H2,1-5H3,(H,50,51,59)/t28-,29-,47-/m0/s1. The van der Waals surface area contributed by atoms with E-state index in [9.17, 15) is 14.4 Å². The monoisotopic (exact) mass is 856 g/mol. The van der Waals surface area contributed by atoms with Crippen LogP contribution in [0.5, 0.6) is 5.75 Å². The van der Waals surface area contributed by atoms with Gasteiger partial charge in [-0.2, -0.15) is 0 Å². The second kappa shape index (κ2) is 15.4. The van der Waals surface area contributed by atoms with Crippen LogP contribution in [0.3, 0.4) is 0 Å². The van der Waals surface area contributed by atoms with Gasteiger partial charge in [0.1, 0.15) is 22.8 Å². The summed E-state index contributed by atoms with van der Waals surface area (Å²) in [4.78, 5) is 69.7. The number of anilines is 1. The molecule has 0 spiro atoms. The first-order chi connectivity index (χ1) is 30.4. The Morgan fingerprint density at radius 3 is 2.37 bits per heavy atom. The van der Waals surface area contributed by atoms with Gasteiger partial charge in [0.25, 0.3) is 11.5 Å². The first-order valence-electron chi connectivity index (χ1n) is 21.6. The second-order valence-corrected chi connectivity index (χ2v) is 17.5. The Hall–Kier alpha value is -6.55. The number of urea groups is 1. The molecule has 4 aliphatic rings. The molecule has 3 aliphatic heterocycles. The van der Waals surface area contributed by atoms with Crippen LogP contribution in [-0.4, -0.2) is 86.0 Å². The molecule has 16 heteroatoms. The SMILES string of the molecule is COc1ccc(CN2CCN(c3nc4c(c(=O)n3-c3cc(C)c(F)c(C)c3)CCN(C(=O)c3cc5cc(C6CCOCC6)ccc5n3[C@@]3(c5noc(=O)[nH]5)C[C@@H]3C)[C@H]4C)C2=O)cc1. The van der Waals surface area contributed by atoms with E-state index in [1.165, 1.54) is 15.0 Å². The molecule has 10 rings (SSSR count). The highest BCUT2D eigenvalue weighted by atomic mass is 19.1. The third-order valence-corrected chi connectivity index (χ3v) is 13.7. The van der Waals surface area contributed by atoms with Gasteiger partial charge >= 0.3 is 11.8 Å². The van der Waals surface area contributed by atoms with Crippen LogP contribution in [0.2, 0.25) is 0 Å². The van der Waals surface area contributed by atoms with Crippen molar-refractivity contribution >= 4 is 28.8 Å². The highest BCUT2D eigenvalue weighted by Gasteiger charge is 2.59. The molecule has 0 unspecified atom stereocenters. The van der Waals surface area contributed by atoms with Crippen molar-refractivity contribution in [2.45, 2.75) is 77.4 Å². The minimum atomic E-state index is -0.839. The summed E-state index contributed by atoms with van der Waals surface area (Å²) in [5.41, 5.74) is 4.02. The molecule has 6 aromatic rings. The van der Waals surface area contributed by atoms with Crippen LogP contribution in [0.25, 0.3) is 16.6 Å². The van der Waals surface area contributed by atoms with Crippen LogP contribution in [0.1, 0.15) is 94.9 Å². The zero-order chi connectivity index (χ0) is 43.9. The molecular formula is C47H49FN8O7.